The highest BCUT2D eigenvalue weighted by Gasteiger charge is 2.19. The Kier molecular flexibility index (Phi) is 36.4. The Balaban J connectivity index is 4.22. The highest BCUT2D eigenvalue weighted by molar-refractivity contribution is 5.71. The normalized spacial score (nSPS) is 12.5. The minimum Gasteiger partial charge on any atom is -0.462 e. The summed E-state index contributed by atoms with van der Waals surface area (Å²) in [5.41, 5.74) is 0. The second-order valence-electron chi connectivity index (χ2n) is 14.9. The lowest BCUT2D eigenvalue weighted by molar-refractivity contribution is -0.167. The summed E-state index contributed by atoms with van der Waals surface area (Å²) in [6.07, 6.45) is 35.4. The van der Waals surface area contributed by atoms with Gasteiger partial charge in [0.1, 0.15) is 13.2 Å². The van der Waals surface area contributed by atoms with E-state index in [4.69, 9.17) is 14.2 Å². The third kappa shape index (κ3) is 36.0. The van der Waals surface area contributed by atoms with E-state index in [-0.39, 0.29) is 31.1 Å². The zero-order chi connectivity index (χ0) is 36.0. The molecular weight excluding hydrogens is 612 g/mol. The largest absolute Gasteiger partial charge is 0.462 e. The molecule has 0 radical (unpaired) electrons. The van der Waals surface area contributed by atoms with E-state index in [9.17, 15) is 14.4 Å². The molecule has 0 saturated carbocycles. The van der Waals surface area contributed by atoms with E-state index in [1.165, 1.54) is 122 Å². The van der Waals surface area contributed by atoms with Gasteiger partial charge in [0, 0.05) is 19.3 Å². The highest BCUT2D eigenvalue weighted by atomic mass is 16.6. The van der Waals surface area contributed by atoms with Crippen LogP contribution in [0.4, 0.5) is 0 Å². The molecule has 0 fully saturated rings. The van der Waals surface area contributed by atoms with Crippen LogP contribution in [-0.2, 0) is 28.6 Å². The lowest BCUT2D eigenvalue weighted by Gasteiger charge is -2.18. The van der Waals surface area contributed by atoms with Gasteiger partial charge in [-0.05, 0) is 25.2 Å². The van der Waals surface area contributed by atoms with Crippen LogP contribution >= 0.6 is 0 Å². The number of esters is 3. The van der Waals surface area contributed by atoms with Gasteiger partial charge >= 0.3 is 17.9 Å². The molecule has 0 heterocycles. The van der Waals surface area contributed by atoms with Crippen LogP contribution in [0.15, 0.2) is 0 Å². The predicted octanol–water partition coefficient (Wildman–Crippen LogP) is 13.2. The number of unbranched alkanes of at least 4 members (excludes halogenated alkanes) is 24. The smallest absolute Gasteiger partial charge is 0.306 e. The average molecular weight is 695 g/mol. The number of hydrogen-bond acceptors (Lipinski definition) is 6. The second kappa shape index (κ2) is 37.7. The molecule has 0 aliphatic heterocycles. The number of hydrogen-bond donors (Lipinski definition) is 0. The van der Waals surface area contributed by atoms with Gasteiger partial charge in [-0.15, -0.1) is 0 Å². The van der Waals surface area contributed by atoms with Gasteiger partial charge in [-0.3, -0.25) is 14.4 Å². The topological polar surface area (TPSA) is 78.9 Å². The van der Waals surface area contributed by atoms with E-state index in [2.05, 4.69) is 27.7 Å². The summed E-state index contributed by atoms with van der Waals surface area (Å²) in [6.45, 7) is 8.91. The van der Waals surface area contributed by atoms with Crippen LogP contribution in [-0.4, -0.2) is 37.2 Å². The minimum absolute atomic E-state index is 0.0655. The minimum atomic E-state index is -0.757. The van der Waals surface area contributed by atoms with Crippen molar-refractivity contribution < 1.29 is 28.6 Å². The van der Waals surface area contributed by atoms with Gasteiger partial charge in [0.25, 0.3) is 0 Å². The zero-order valence-electron chi connectivity index (χ0n) is 33.1. The van der Waals surface area contributed by atoms with E-state index in [0.717, 1.165) is 70.1 Å². The van der Waals surface area contributed by atoms with Crippen molar-refractivity contribution in [2.75, 3.05) is 13.2 Å². The third-order valence-corrected chi connectivity index (χ3v) is 9.90. The Labute approximate surface area is 304 Å². The molecule has 2 atom stereocenters. The summed E-state index contributed by atoms with van der Waals surface area (Å²) in [5, 5.41) is 0. The first-order valence-corrected chi connectivity index (χ1v) is 21.4. The van der Waals surface area contributed by atoms with E-state index in [1.54, 1.807) is 0 Å². The summed E-state index contributed by atoms with van der Waals surface area (Å²) in [4.78, 5) is 37.4. The van der Waals surface area contributed by atoms with Gasteiger partial charge in [-0.25, -0.2) is 0 Å². The molecule has 290 valence electrons. The molecular formula is C43H82O6. The van der Waals surface area contributed by atoms with E-state index >= 15 is 0 Å². The second-order valence-corrected chi connectivity index (χ2v) is 14.9. The molecule has 6 heteroatoms. The molecule has 0 aromatic rings. The fourth-order valence-electron chi connectivity index (χ4n) is 6.24. The van der Waals surface area contributed by atoms with E-state index in [1.807, 2.05) is 0 Å². The lowest BCUT2D eigenvalue weighted by atomic mass is 9.99. The first-order chi connectivity index (χ1) is 23.9. The van der Waals surface area contributed by atoms with Crippen LogP contribution in [0.2, 0.25) is 0 Å². The Morgan fingerprint density at radius 3 is 1.06 bits per heavy atom. The van der Waals surface area contributed by atoms with Crippen molar-refractivity contribution in [2.24, 2.45) is 5.92 Å². The van der Waals surface area contributed by atoms with Crippen molar-refractivity contribution in [3.8, 4) is 0 Å². The van der Waals surface area contributed by atoms with E-state index in [0.29, 0.717) is 19.3 Å². The van der Waals surface area contributed by atoms with Gasteiger partial charge in [-0.1, -0.05) is 195 Å². The van der Waals surface area contributed by atoms with Gasteiger partial charge in [0.05, 0.1) is 0 Å². The number of carbonyl (C=O) groups is 3. The maximum atomic E-state index is 12.6. The summed E-state index contributed by atoms with van der Waals surface area (Å²) >= 11 is 0. The summed E-state index contributed by atoms with van der Waals surface area (Å²) in [7, 11) is 0. The summed E-state index contributed by atoms with van der Waals surface area (Å²) < 4.78 is 16.6. The van der Waals surface area contributed by atoms with Crippen LogP contribution < -0.4 is 0 Å². The Bertz CT molecular complexity index is 738. The molecule has 0 aliphatic carbocycles. The maximum Gasteiger partial charge on any atom is 0.306 e. The first-order valence-electron chi connectivity index (χ1n) is 21.4. The van der Waals surface area contributed by atoms with Gasteiger partial charge in [0.15, 0.2) is 6.10 Å². The Morgan fingerprint density at radius 1 is 0.408 bits per heavy atom. The molecule has 0 N–H and O–H groups in total. The fourth-order valence-corrected chi connectivity index (χ4v) is 6.24. The predicted molar refractivity (Wildman–Crippen MR) is 206 cm³/mol. The van der Waals surface area contributed by atoms with Crippen LogP contribution in [0.3, 0.4) is 0 Å². The van der Waals surface area contributed by atoms with Gasteiger partial charge < -0.3 is 14.2 Å². The third-order valence-electron chi connectivity index (χ3n) is 9.90. The summed E-state index contributed by atoms with van der Waals surface area (Å²) in [6, 6.07) is 0. The first kappa shape index (κ1) is 47.4. The molecule has 1 unspecified atom stereocenters. The standard InChI is InChI=1S/C43H82O6/c1-5-8-10-12-13-14-15-16-17-18-19-23-27-31-35-42(45)48-38-40(37-47-41(44)34-30-25-11-9-6-2)49-43(46)36-32-28-24-21-20-22-26-29-33-39(4)7-3/h39-40H,5-38H2,1-4H3/t39?,40-/m0/s1. The Morgan fingerprint density at radius 2 is 0.714 bits per heavy atom. The highest BCUT2D eigenvalue weighted by Crippen LogP contribution is 2.16. The van der Waals surface area contributed by atoms with Crippen LogP contribution in [0.5, 0.6) is 0 Å². The molecule has 0 aliphatic rings. The molecule has 0 aromatic heterocycles. The molecule has 49 heavy (non-hydrogen) atoms. The number of carbonyl (C=O) groups excluding carboxylic acids is 3. The van der Waals surface area contributed by atoms with Crippen molar-refractivity contribution in [3.05, 3.63) is 0 Å². The molecule has 0 saturated heterocycles. The van der Waals surface area contributed by atoms with Crippen molar-refractivity contribution in [1.82, 2.24) is 0 Å². The molecule has 0 spiro atoms. The van der Waals surface area contributed by atoms with Crippen molar-refractivity contribution in [3.63, 3.8) is 0 Å². The monoisotopic (exact) mass is 695 g/mol. The van der Waals surface area contributed by atoms with E-state index < -0.39 is 6.10 Å². The lowest BCUT2D eigenvalue weighted by Crippen LogP contribution is -2.30. The molecule has 0 rings (SSSR count). The number of ether oxygens (including phenoxy) is 3. The van der Waals surface area contributed by atoms with Crippen molar-refractivity contribution in [2.45, 2.75) is 239 Å². The average Bonchev–Trinajstić information content (AvgIpc) is 3.10. The molecule has 6 nitrogen and oxygen atoms in total. The van der Waals surface area contributed by atoms with Gasteiger partial charge in [-0.2, -0.15) is 0 Å². The quantitative estimate of drug-likeness (QED) is 0.0364. The fraction of sp³-hybridized carbons (Fsp3) is 0.930. The van der Waals surface area contributed by atoms with Crippen LogP contribution in [0.25, 0.3) is 0 Å². The maximum absolute atomic E-state index is 12.6. The van der Waals surface area contributed by atoms with Gasteiger partial charge in [0.2, 0.25) is 0 Å². The molecule has 0 aromatic carbocycles. The summed E-state index contributed by atoms with van der Waals surface area (Å²) in [5.74, 6) is -0.0282. The van der Waals surface area contributed by atoms with Crippen LogP contribution in [0.1, 0.15) is 233 Å². The molecule has 0 bridgehead atoms. The van der Waals surface area contributed by atoms with Crippen molar-refractivity contribution in [1.29, 1.82) is 0 Å². The number of rotatable bonds is 38. The molecule has 0 amide bonds. The zero-order valence-corrected chi connectivity index (χ0v) is 33.1. The van der Waals surface area contributed by atoms with Crippen LogP contribution in [0, 0.1) is 5.92 Å². The SMILES string of the molecule is CCCCCCCCCCCCCCCCC(=O)OC[C@H](COC(=O)CCCCCCC)OC(=O)CCCCCCCCCCC(C)CC. The Hall–Kier alpha value is -1.59. The van der Waals surface area contributed by atoms with Crippen molar-refractivity contribution >= 4 is 17.9 Å².